The van der Waals surface area contributed by atoms with Gasteiger partial charge in [0.05, 0.1) is 22.0 Å². The lowest BCUT2D eigenvalue weighted by atomic mass is 9.81. The fourth-order valence-corrected chi connectivity index (χ4v) is 3.52. The topological polar surface area (TPSA) is 82.0 Å². The summed E-state index contributed by atoms with van der Waals surface area (Å²) < 4.78 is 0. The van der Waals surface area contributed by atoms with Gasteiger partial charge in [0.1, 0.15) is 6.07 Å². The molecule has 1 aliphatic carbocycles. The van der Waals surface area contributed by atoms with Gasteiger partial charge in [0.15, 0.2) is 0 Å². The molecular formula is C21H20ClN3O2. The summed E-state index contributed by atoms with van der Waals surface area (Å²) in [6.07, 6.45) is 2.57. The predicted octanol–water partition coefficient (Wildman–Crippen LogP) is 4.60. The molecule has 2 N–H and O–H groups in total. The Hall–Kier alpha value is -2.84. The first kappa shape index (κ1) is 18.9. The van der Waals surface area contributed by atoms with Gasteiger partial charge in [-0.1, -0.05) is 35.9 Å². The third-order valence-electron chi connectivity index (χ3n) is 4.91. The summed E-state index contributed by atoms with van der Waals surface area (Å²) in [6, 6.07) is 16.2. The van der Waals surface area contributed by atoms with Crippen molar-refractivity contribution in [2.45, 2.75) is 25.7 Å². The van der Waals surface area contributed by atoms with Crippen molar-refractivity contribution in [3.63, 3.8) is 0 Å². The maximum atomic E-state index is 12.5. The molecule has 0 unspecified atom stereocenters. The summed E-state index contributed by atoms with van der Waals surface area (Å²) in [5, 5.41) is 15.3. The number of nitrogens with zero attached hydrogens (tertiary/aromatic N) is 1. The van der Waals surface area contributed by atoms with Gasteiger partial charge in [-0.2, -0.15) is 5.26 Å². The summed E-state index contributed by atoms with van der Waals surface area (Å²) in [7, 11) is 0. The molecule has 1 saturated carbocycles. The van der Waals surface area contributed by atoms with E-state index < -0.39 is 0 Å². The zero-order chi connectivity index (χ0) is 19.2. The Kier molecular flexibility index (Phi) is 6.10. The number of benzene rings is 2. The molecule has 0 spiro atoms. The minimum Gasteiger partial charge on any atom is -0.325 e. The molecule has 0 saturated heterocycles. The molecule has 0 atom stereocenters. The number of nitriles is 1. The van der Waals surface area contributed by atoms with Gasteiger partial charge in [-0.05, 0) is 49.9 Å². The van der Waals surface area contributed by atoms with Crippen molar-refractivity contribution in [3.05, 3.63) is 59.1 Å². The number of hydrogen-bond acceptors (Lipinski definition) is 3. The largest absolute Gasteiger partial charge is 0.325 e. The van der Waals surface area contributed by atoms with Gasteiger partial charge in [0.2, 0.25) is 11.8 Å². The van der Waals surface area contributed by atoms with Gasteiger partial charge in [0.25, 0.3) is 0 Å². The van der Waals surface area contributed by atoms with Gasteiger partial charge in [-0.15, -0.1) is 0 Å². The van der Waals surface area contributed by atoms with Crippen LogP contribution in [-0.4, -0.2) is 11.8 Å². The summed E-state index contributed by atoms with van der Waals surface area (Å²) in [5.74, 6) is -0.433. The normalized spacial score (nSPS) is 19.0. The van der Waals surface area contributed by atoms with Gasteiger partial charge in [-0.3, -0.25) is 9.59 Å². The molecule has 138 valence electrons. The molecule has 6 heteroatoms. The molecule has 0 aliphatic heterocycles. The lowest BCUT2D eigenvalue weighted by Gasteiger charge is -2.27. The van der Waals surface area contributed by atoms with Gasteiger partial charge in [-0.25, -0.2) is 0 Å². The highest BCUT2D eigenvalue weighted by molar-refractivity contribution is 6.33. The van der Waals surface area contributed by atoms with Crippen LogP contribution in [0.5, 0.6) is 0 Å². The smallest absolute Gasteiger partial charge is 0.227 e. The van der Waals surface area contributed by atoms with Gasteiger partial charge < -0.3 is 10.6 Å². The first-order valence-corrected chi connectivity index (χ1v) is 9.31. The molecule has 2 amide bonds. The number of nitrogens with one attached hydrogen (secondary N) is 2. The van der Waals surface area contributed by atoms with Crippen LogP contribution in [-0.2, 0) is 9.59 Å². The van der Waals surface area contributed by atoms with Crippen molar-refractivity contribution < 1.29 is 9.59 Å². The Morgan fingerprint density at radius 2 is 1.33 bits per heavy atom. The molecule has 1 fully saturated rings. The number of amides is 2. The van der Waals surface area contributed by atoms with Crippen molar-refractivity contribution >= 4 is 34.8 Å². The first-order valence-electron chi connectivity index (χ1n) is 8.94. The second kappa shape index (κ2) is 8.70. The van der Waals surface area contributed by atoms with Crippen molar-refractivity contribution in [2.24, 2.45) is 11.8 Å². The van der Waals surface area contributed by atoms with E-state index in [0.717, 1.165) is 0 Å². The third kappa shape index (κ3) is 4.66. The lowest BCUT2D eigenvalue weighted by Crippen LogP contribution is -2.32. The third-order valence-corrected chi connectivity index (χ3v) is 5.24. The number of carbonyl (C=O) groups excluding carboxylic acids is 2. The fourth-order valence-electron chi connectivity index (χ4n) is 3.34. The second-order valence-electron chi connectivity index (χ2n) is 6.66. The van der Waals surface area contributed by atoms with Crippen molar-refractivity contribution in [2.75, 3.05) is 10.6 Å². The Morgan fingerprint density at radius 3 is 1.89 bits per heavy atom. The molecule has 27 heavy (non-hydrogen) atoms. The summed E-state index contributed by atoms with van der Waals surface area (Å²) in [4.78, 5) is 25.0. The van der Waals surface area contributed by atoms with Crippen LogP contribution < -0.4 is 10.6 Å². The van der Waals surface area contributed by atoms with E-state index in [-0.39, 0.29) is 23.7 Å². The first-order chi connectivity index (χ1) is 13.1. The minimum absolute atomic E-state index is 0.0585. The van der Waals surface area contributed by atoms with E-state index in [9.17, 15) is 9.59 Å². The summed E-state index contributed by atoms with van der Waals surface area (Å²) >= 11 is 6.08. The van der Waals surface area contributed by atoms with Crippen molar-refractivity contribution in [3.8, 4) is 6.07 Å². The maximum Gasteiger partial charge on any atom is 0.227 e. The van der Waals surface area contributed by atoms with E-state index in [0.29, 0.717) is 47.6 Å². The van der Waals surface area contributed by atoms with Crippen molar-refractivity contribution in [1.82, 2.24) is 0 Å². The van der Waals surface area contributed by atoms with Gasteiger partial charge >= 0.3 is 0 Å². The number of carbonyl (C=O) groups is 2. The fraction of sp³-hybridized carbons (Fsp3) is 0.286. The SMILES string of the molecule is N#Cc1ccccc1NC(=O)C1CCC(C(=O)Nc2ccccc2Cl)CC1. The minimum atomic E-state index is -0.152. The zero-order valence-electron chi connectivity index (χ0n) is 14.7. The highest BCUT2D eigenvalue weighted by Gasteiger charge is 2.30. The number of hydrogen-bond donors (Lipinski definition) is 2. The van der Waals surface area contributed by atoms with Crippen LogP contribution in [0, 0.1) is 23.2 Å². The maximum absolute atomic E-state index is 12.5. The molecule has 2 aromatic carbocycles. The Balaban J connectivity index is 1.54. The Morgan fingerprint density at radius 1 is 0.852 bits per heavy atom. The molecule has 0 bridgehead atoms. The van der Waals surface area contributed by atoms with E-state index >= 15 is 0 Å². The summed E-state index contributed by atoms with van der Waals surface area (Å²) in [5.41, 5.74) is 1.58. The molecule has 5 nitrogen and oxygen atoms in total. The van der Waals surface area contributed by atoms with Crippen LogP contribution in [0.2, 0.25) is 5.02 Å². The van der Waals surface area contributed by atoms with E-state index in [4.69, 9.17) is 16.9 Å². The molecule has 2 aromatic rings. The highest BCUT2D eigenvalue weighted by atomic mass is 35.5. The van der Waals surface area contributed by atoms with Crippen LogP contribution in [0.3, 0.4) is 0 Å². The molecule has 3 rings (SSSR count). The second-order valence-corrected chi connectivity index (χ2v) is 7.07. The summed E-state index contributed by atoms with van der Waals surface area (Å²) in [6.45, 7) is 0. The lowest BCUT2D eigenvalue weighted by molar-refractivity contribution is -0.125. The Bertz CT molecular complexity index is 883. The molecule has 0 heterocycles. The molecular weight excluding hydrogens is 362 g/mol. The molecule has 0 aromatic heterocycles. The van der Waals surface area contributed by atoms with Crippen LogP contribution >= 0.6 is 11.6 Å². The number of anilines is 2. The van der Waals surface area contributed by atoms with Crippen LogP contribution in [0.4, 0.5) is 11.4 Å². The number of rotatable bonds is 4. The van der Waals surface area contributed by atoms with Crippen LogP contribution in [0.1, 0.15) is 31.2 Å². The number of halogens is 1. The van der Waals surface area contributed by atoms with Crippen LogP contribution in [0.25, 0.3) is 0 Å². The van der Waals surface area contributed by atoms with Crippen molar-refractivity contribution in [1.29, 1.82) is 5.26 Å². The predicted molar refractivity (Wildman–Crippen MR) is 105 cm³/mol. The molecule has 0 radical (unpaired) electrons. The monoisotopic (exact) mass is 381 g/mol. The average molecular weight is 382 g/mol. The van der Waals surface area contributed by atoms with E-state index in [2.05, 4.69) is 16.7 Å². The Labute approximate surface area is 163 Å². The molecule has 1 aliphatic rings. The quantitative estimate of drug-likeness (QED) is 0.812. The average Bonchev–Trinajstić information content (AvgIpc) is 2.70. The number of para-hydroxylation sites is 2. The highest BCUT2D eigenvalue weighted by Crippen LogP contribution is 2.31. The van der Waals surface area contributed by atoms with Crippen LogP contribution in [0.15, 0.2) is 48.5 Å². The van der Waals surface area contributed by atoms with E-state index in [1.807, 2.05) is 12.1 Å². The standard InChI is InChI=1S/C21H20ClN3O2/c22-17-6-2-4-8-19(17)25-21(27)15-11-9-14(10-12-15)20(26)24-18-7-3-1-5-16(18)13-23/h1-8,14-15H,9-12H2,(H,24,26)(H,25,27). The zero-order valence-corrected chi connectivity index (χ0v) is 15.5. The van der Waals surface area contributed by atoms with E-state index in [1.54, 1.807) is 36.4 Å². The van der Waals surface area contributed by atoms with Gasteiger partial charge in [0, 0.05) is 11.8 Å². The van der Waals surface area contributed by atoms with E-state index in [1.165, 1.54) is 0 Å².